The quantitative estimate of drug-likeness (QED) is 0.247. The highest BCUT2D eigenvalue weighted by Crippen LogP contribution is 2.33. The first-order chi connectivity index (χ1) is 22.5. The number of halogens is 2. The molecule has 3 aromatic carbocycles. The van der Waals surface area contributed by atoms with Gasteiger partial charge >= 0.3 is 6.03 Å². The summed E-state index contributed by atoms with van der Waals surface area (Å²) >= 11 is 6.37. The van der Waals surface area contributed by atoms with Crippen LogP contribution in [0.1, 0.15) is 24.0 Å². The first-order valence-corrected chi connectivity index (χ1v) is 17.8. The Bertz CT molecular complexity index is 1870. The Balaban J connectivity index is 1.23. The van der Waals surface area contributed by atoms with Crippen LogP contribution in [0.25, 0.3) is 10.9 Å². The second-order valence-corrected chi connectivity index (χ2v) is 15.5. The van der Waals surface area contributed by atoms with Crippen LogP contribution in [0.3, 0.4) is 0 Å². The number of benzene rings is 3. The Labute approximate surface area is 279 Å². The number of hydrogen-bond donors (Lipinski definition) is 2. The topological polar surface area (TPSA) is 106 Å². The minimum Gasteiger partial charge on any atom is -0.361 e. The molecule has 2 atom stereocenters. The maximum absolute atomic E-state index is 14.6. The van der Waals surface area contributed by atoms with Crippen LogP contribution in [0.2, 0.25) is 5.02 Å². The number of piperidine rings is 1. The fraction of sp³-hybridized carbons (Fsp3) is 0.371. The third kappa shape index (κ3) is 7.17. The Morgan fingerprint density at radius 2 is 1.79 bits per heavy atom. The summed E-state index contributed by atoms with van der Waals surface area (Å²) in [7, 11) is 0.334. The number of H-pyrrole nitrogens is 1. The molecule has 2 aliphatic rings. The highest BCUT2D eigenvalue weighted by atomic mass is 35.5. The Morgan fingerprint density at radius 3 is 2.51 bits per heavy atom. The van der Waals surface area contributed by atoms with E-state index in [2.05, 4.69) is 15.2 Å². The predicted molar refractivity (Wildman–Crippen MR) is 182 cm³/mol. The van der Waals surface area contributed by atoms with Crippen LogP contribution >= 0.6 is 11.6 Å². The van der Waals surface area contributed by atoms with Gasteiger partial charge in [-0.2, -0.15) is 0 Å². The van der Waals surface area contributed by atoms with E-state index in [1.54, 1.807) is 15.9 Å². The smallest absolute Gasteiger partial charge is 0.318 e. The first-order valence-electron chi connectivity index (χ1n) is 15.8. The van der Waals surface area contributed by atoms with Gasteiger partial charge in [-0.25, -0.2) is 17.6 Å². The van der Waals surface area contributed by atoms with E-state index >= 15 is 0 Å². The number of nitrogens with one attached hydrogen (secondary N) is 2. The highest BCUT2D eigenvalue weighted by molar-refractivity contribution is 7.92. The molecule has 12 heteroatoms. The maximum Gasteiger partial charge on any atom is 0.318 e. The third-order valence-electron chi connectivity index (χ3n) is 9.18. The zero-order chi connectivity index (χ0) is 33.3. The zero-order valence-electron chi connectivity index (χ0n) is 26.5. The maximum atomic E-state index is 14.6. The molecule has 47 heavy (non-hydrogen) atoms. The summed E-state index contributed by atoms with van der Waals surface area (Å²) in [6.07, 6.45) is 3.40. The molecule has 0 radical (unpaired) electrons. The van der Waals surface area contributed by atoms with Gasteiger partial charge in [0.25, 0.3) is 0 Å². The van der Waals surface area contributed by atoms with Crippen molar-refractivity contribution in [3.63, 3.8) is 0 Å². The van der Waals surface area contributed by atoms with Crippen LogP contribution in [0.4, 0.5) is 14.9 Å². The molecule has 0 unspecified atom stereocenters. The lowest BCUT2D eigenvalue weighted by Crippen LogP contribution is -2.56. The average molecular weight is 680 g/mol. The van der Waals surface area contributed by atoms with Gasteiger partial charge in [0.15, 0.2) is 9.84 Å². The minimum atomic E-state index is -3.68. The highest BCUT2D eigenvalue weighted by Gasteiger charge is 2.37. The molecule has 2 aliphatic heterocycles. The molecule has 0 aliphatic carbocycles. The number of para-hydroxylation sites is 1. The van der Waals surface area contributed by atoms with Gasteiger partial charge in [0.2, 0.25) is 5.91 Å². The number of carbonyl (C=O) groups excluding carboxylic acids is 2. The molecular weight excluding hydrogens is 641 g/mol. The minimum absolute atomic E-state index is 0.0712. The molecule has 1 fully saturated rings. The molecule has 4 aromatic rings. The van der Waals surface area contributed by atoms with Crippen LogP contribution < -0.4 is 10.2 Å². The molecular formula is C35H39ClFN5O4S. The summed E-state index contributed by atoms with van der Waals surface area (Å²) in [6.45, 7) is 1.70. The molecule has 9 nitrogen and oxygen atoms in total. The molecule has 1 aromatic heterocycles. The Kier molecular flexibility index (Phi) is 9.59. The van der Waals surface area contributed by atoms with Gasteiger partial charge in [0, 0.05) is 60.4 Å². The lowest BCUT2D eigenvalue weighted by Gasteiger charge is -2.38. The number of nitrogens with zero attached hydrogens (tertiary/aromatic N) is 3. The van der Waals surface area contributed by atoms with Crippen molar-refractivity contribution >= 4 is 50.0 Å². The Hall–Kier alpha value is -3.93. The third-order valence-corrected chi connectivity index (χ3v) is 11.7. The number of urea groups is 1. The number of hydrogen-bond acceptors (Lipinski definition) is 5. The SMILES string of the molecule is CN(C)C[C@@H]1Cc2cc(Cl)ccc2N(C(=O)[C@@H](Cc2c[nH]c3ccccc23)NC(=O)N2CCC(S(=O)(=O)c3ccc(F)cc3)CC2)C1. The monoisotopic (exact) mass is 679 g/mol. The van der Waals surface area contributed by atoms with Crippen LogP contribution in [0.5, 0.6) is 0 Å². The van der Waals surface area contributed by atoms with E-state index in [0.717, 1.165) is 52.8 Å². The van der Waals surface area contributed by atoms with E-state index in [0.29, 0.717) is 11.6 Å². The van der Waals surface area contributed by atoms with E-state index in [1.165, 1.54) is 12.1 Å². The van der Waals surface area contributed by atoms with E-state index in [4.69, 9.17) is 11.6 Å². The average Bonchev–Trinajstić information content (AvgIpc) is 3.46. The second-order valence-electron chi connectivity index (χ2n) is 12.8. The molecule has 0 saturated carbocycles. The lowest BCUT2D eigenvalue weighted by molar-refractivity contribution is -0.120. The van der Waals surface area contributed by atoms with Crippen LogP contribution in [0.15, 0.2) is 77.8 Å². The van der Waals surface area contributed by atoms with Crippen molar-refractivity contribution in [3.05, 3.63) is 94.9 Å². The van der Waals surface area contributed by atoms with Crippen molar-refractivity contribution in [2.24, 2.45) is 5.92 Å². The van der Waals surface area contributed by atoms with Crippen molar-refractivity contribution in [2.45, 2.75) is 41.9 Å². The van der Waals surface area contributed by atoms with Crippen LogP contribution in [-0.2, 0) is 27.5 Å². The number of likely N-dealkylation sites (tertiary alicyclic amines) is 1. The Morgan fingerprint density at radius 1 is 1.06 bits per heavy atom. The summed E-state index contributed by atoms with van der Waals surface area (Å²) in [5.41, 5.74) is 3.62. The zero-order valence-corrected chi connectivity index (χ0v) is 28.0. The first kappa shape index (κ1) is 33.0. The van der Waals surface area contributed by atoms with Crippen molar-refractivity contribution < 1.29 is 22.4 Å². The molecule has 1 saturated heterocycles. The number of carbonyl (C=O) groups is 2. The molecule has 0 bridgehead atoms. The lowest BCUT2D eigenvalue weighted by atomic mass is 9.91. The second kappa shape index (κ2) is 13.7. The molecule has 0 spiro atoms. The molecule has 248 valence electrons. The molecule has 3 amide bonds. The molecule has 3 heterocycles. The van der Waals surface area contributed by atoms with Crippen LogP contribution in [0, 0.1) is 11.7 Å². The summed E-state index contributed by atoms with van der Waals surface area (Å²) in [5.74, 6) is -0.548. The summed E-state index contributed by atoms with van der Waals surface area (Å²) in [6, 6.07) is 16.9. The largest absolute Gasteiger partial charge is 0.361 e. The molecule has 6 rings (SSSR count). The van der Waals surface area contributed by atoms with Crippen molar-refractivity contribution in [1.82, 2.24) is 20.1 Å². The van der Waals surface area contributed by atoms with E-state index in [9.17, 15) is 22.4 Å². The van der Waals surface area contributed by atoms with E-state index in [-0.39, 0.29) is 49.1 Å². The van der Waals surface area contributed by atoms with Crippen LogP contribution in [-0.4, -0.2) is 86.7 Å². The van der Waals surface area contributed by atoms with Crippen molar-refractivity contribution in [2.75, 3.05) is 45.2 Å². The van der Waals surface area contributed by atoms with Gasteiger partial charge in [-0.05, 0) is 98.9 Å². The fourth-order valence-corrected chi connectivity index (χ4v) is 8.82. The van der Waals surface area contributed by atoms with E-state index < -0.39 is 33.0 Å². The van der Waals surface area contributed by atoms with Gasteiger partial charge in [-0.15, -0.1) is 0 Å². The summed E-state index contributed by atoms with van der Waals surface area (Å²) in [5, 5.41) is 3.92. The summed E-state index contributed by atoms with van der Waals surface area (Å²) in [4.78, 5) is 37.1. The van der Waals surface area contributed by atoms with Gasteiger partial charge in [0.1, 0.15) is 11.9 Å². The van der Waals surface area contributed by atoms with Gasteiger partial charge in [-0.3, -0.25) is 4.79 Å². The van der Waals surface area contributed by atoms with Gasteiger partial charge in [-0.1, -0.05) is 29.8 Å². The van der Waals surface area contributed by atoms with Crippen molar-refractivity contribution in [3.8, 4) is 0 Å². The molecule has 2 N–H and O–H groups in total. The number of anilines is 1. The summed E-state index contributed by atoms with van der Waals surface area (Å²) < 4.78 is 39.8. The normalized spacial score (nSPS) is 17.9. The number of sulfone groups is 1. The standard InChI is InChI=1S/C35H39ClFN5O4S/c1-40(2)21-23-17-24-18-26(36)7-12-33(24)42(22-23)34(43)32(19-25-20-38-31-6-4-3-5-30(25)31)39-35(44)41-15-13-29(14-16-41)47(45,46)28-10-8-27(37)9-11-28/h3-12,18,20,23,29,32,38H,13-17,19,21-22H2,1-2H3,(H,39,44)/t23-,32+/m0/s1. The van der Waals surface area contributed by atoms with Crippen molar-refractivity contribution in [1.29, 1.82) is 0 Å². The number of aromatic nitrogens is 1. The van der Waals surface area contributed by atoms with Gasteiger partial charge in [0.05, 0.1) is 10.1 Å². The fourth-order valence-electron chi connectivity index (χ4n) is 6.90. The van der Waals surface area contributed by atoms with Gasteiger partial charge < -0.3 is 25.0 Å². The predicted octanol–water partition coefficient (Wildman–Crippen LogP) is 5.29. The number of rotatable bonds is 8. The number of aromatic amines is 1. The van der Waals surface area contributed by atoms with E-state index in [1.807, 2.05) is 56.7 Å². The number of amides is 3. The number of fused-ring (bicyclic) bond motifs is 2.